The third kappa shape index (κ3) is 5.12. The molecule has 150 valence electrons. The second-order valence-electron chi connectivity index (χ2n) is 6.20. The van der Waals surface area contributed by atoms with Crippen molar-refractivity contribution in [1.82, 2.24) is 0 Å². The summed E-state index contributed by atoms with van der Waals surface area (Å²) in [6.07, 6.45) is -1.10. The van der Waals surface area contributed by atoms with Crippen molar-refractivity contribution in [3.8, 4) is 16.9 Å². The van der Waals surface area contributed by atoms with E-state index in [4.69, 9.17) is 9.84 Å². The molecule has 3 rings (SSSR count). The van der Waals surface area contributed by atoms with Crippen molar-refractivity contribution in [2.45, 2.75) is 32.1 Å². The summed E-state index contributed by atoms with van der Waals surface area (Å²) in [7, 11) is 0.500. The van der Waals surface area contributed by atoms with Gasteiger partial charge < -0.3 is 9.84 Å². The van der Waals surface area contributed by atoms with Gasteiger partial charge in [0.05, 0.1) is 13.8 Å². The number of alkyl halides is 3. The van der Waals surface area contributed by atoms with Crippen LogP contribution in [0.25, 0.3) is 11.1 Å². The third-order valence-corrected chi connectivity index (χ3v) is 4.39. The van der Waals surface area contributed by atoms with Crippen molar-refractivity contribution in [2.24, 2.45) is 0 Å². The summed E-state index contributed by atoms with van der Waals surface area (Å²) < 4.78 is 40.8. The molecule has 0 bridgehead atoms. The molecule has 0 unspecified atom stereocenters. The summed E-state index contributed by atoms with van der Waals surface area (Å²) in [4.78, 5) is 22.7. The summed E-state index contributed by atoms with van der Waals surface area (Å²) >= 11 is 0. The molecule has 2 aromatic carbocycles. The maximum absolute atomic E-state index is 12.8. The smallest absolute Gasteiger partial charge is 0.303 e. The Morgan fingerprint density at radius 3 is 2.39 bits per heavy atom. The van der Waals surface area contributed by atoms with Crippen LogP contribution in [0.5, 0.6) is 5.75 Å². The number of Topliss-reactive ketones (excluding diaryl/α,β-unsaturated/α-hetero) is 1. The number of aliphatic carboxylic acids is 1. The zero-order chi connectivity index (χ0) is 20.7. The molecule has 0 heterocycles. The highest BCUT2D eigenvalue weighted by Crippen LogP contribution is 2.37. The second-order valence-corrected chi connectivity index (χ2v) is 6.20. The van der Waals surface area contributed by atoms with Gasteiger partial charge in [0.25, 0.3) is 6.43 Å². The first kappa shape index (κ1) is 21.5. The van der Waals surface area contributed by atoms with Gasteiger partial charge in [-0.1, -0.05) is 24.3 Å². The summed E-state index contributed by atoms with van der Waals surface area (Å²) in [6.45, 7) is 0.223. The van der Waals surface area contributed by atoms with Crippen LogP contribution in [0.15, 0.2) is 36.4 Å². The van der Waals surface area contributed by atoms with Crippen molar-refractivity contribution in [3.05, 3.63) is 53.1 Å². The molecule has 4 nitrogen and oxygen atoms in total. The van der Waals surface area contributed by atoms with E-state index in [1.54, 1.807) is 24.3 Å². The van der Waals surface area contributed by atoms with Gasteiger partial charge in [-0.25, -0.2) is 8.78 Å². The van der Waals surface area contributed by atoms with Gasteiger partial charge in [0.2, 0.25) is 0 Å². The Bertz CT molecular complexity index is 832. The van der Waals surface area contributed by atoms with Crippen LogP contribution in [0.1, 0.15) is 47.2 Å². The van der Waals surface area contributed by atoms with E-state index < -0.39 is 12.4 Å². The van der Waals surface area contributed by atoms with Gasteiger partial charge in [0.15, 0.2) is 5.78 Å². The average molecular weight is 394 g/mol. The molecule has 0 saturated carbocycles. The van der Waals surface area contributed by atoms with Gasteiger partial charge in [0, 0.05) is 29.5 Å². The normalized spacial score (nSPS) is 12.4. The molecule has 2 aromatic rings. The van der Waals surface area contributed by atoms with Crippen LogP contribution < -0.4 is 4.74 Å². The number of carbonyl (C=O) groups excluding carboxylic acids is 1. The Labute approximate surface area is 161 Å². The molecule has 0 spiro atoms. The predicted molar refractivity (Wildman–Crippen MR) is 98.9 cm³/mol. The number of benzene rings is 2. The van der Waals surface area contributed by atoms with Gasteiger partial charge in [0.1, 0.15) is 5.75 Å². The van der Waals surface area contributed by atoms with E-state index in [1.807, 2.05) is 0 Å². The number of ketones is 1. The lowest BCUT2D eigenvalue weighted by molar-refractivity contribution is -0.137. The van der Waals surface area contributed by atoms with Crippen LogP contribution in [-0.4, -0.2) is 30.6 Å². The van der Waals surface area contributed by atoms with Crippen LogP contribution in [0.3, 0.4) is 0 Å². The van der Waals surface area contributed by atoms with Crippen molar-refractivity contribution in [1.29, 1.82) is 0 Å². The van der Waals surface area contributed by atoms with Crippen LogP contribution in [-0.2, 0) is 11.2 Å². The zero-order valence-electron chi connectivity index (χ0n) is 15.4. The Hall–Kier alpha value is -2.83. The van der Waals surface area contributed by atoms with Crippen molar-refractivity contribution >= 4 is 11.8 Å². The lowest BCUT2D eigenvalue weighted by atomic mass is 9.98. The first-order valence-corrected chi connectivity index (χ1v) is 8.76. The first-order chi connectivity index (χ1) is 13.5. The number of rotatable bonds is 7. The van der Waals surface area contributed by atoms with Gasteiger partial charge >= 0.3 is 5.97 Å². The van der Waals surface area contributed by atoms with Crippen molar-refractivity contribution in [3.63, 3.8) is 0 Å². The van der Waals surface area contributed by atoms with E-state index in [0.29, 0.717) is 48.9 Å². The monoisotopic (exact) mass is 394 g/mol. The van der Waals surface area contributed by atoms with E-state index in [2.05, 4.69) is 0 Å². The first-order valence-electron chi connectivity index (χ1n) is 8.76. The Morgan fingerprint density at radius 1 is 1.11 bits per heavy atom. The lowest BCUT2D eigenvalue weighted by Crippen LogP contribution is -2.04. The van der Waals surface area contributed by atoms with E-state index in [-0.39, 0.29) is 24.4 Å². The fourth-order valence-corrected chi connectivity index (χ4v) is 3.03. The highest BCUT2D eigenvalue weighted by atomic mass is 19.3. The largest absolute Gasteiger partial charge is 0.493 e. The number of carbonyl (C=O) groups is 2. The SMILES string of the molecule is CF.O=C(O)CCCOc1cc2c(cc1-c1ccc(C(F)F)cc1)C(=O)CC2. The van der Waals surface area contributed by atoms with Crippen LogP contribution >= 0.6 is 0 Å². The minimum Gasteiger partial charge on any atom is -0.493 e. The molecule has 1 aliphatic rings. The number of carboxylic acid groups (broad SMARTS) is 1. The molecule has 0 amide bonds. The molecule has 7 heteroatoms. The van der Waals surface area contributed by atoms with Crippen molar-refractivity contribution < 1.29 is 32.6 Å². The summed E-state index contributed by atoms with van der Waals surface area (Å²) in [5.74, 6) is -0.299. The van der Waals surface area contributed by atoms with E-state index in [0.717, 1.165) is 5.56 Å². The Morgan fingerprint density at radius 2 is 1.79 bits per heavy atom. The number of halogens is 3. The lowest BCUT2D eigenvalue weighted by Gasteiger charge is -2.14. The minimum atomic E-state index is -2.54. The molecular formula is C21H21F3O4. The van der Waals surface area contributed by atoms with Crippen LogP contribution in [0, 0.1) is 0 Å². The highest BCUT2D eigenvalue weighted by molar-refractivity contribution is 6.02. The fourth-order valence-electron chi connectivity index (χ4n) is 3.03. The molecule has 28 heavy (non-hydrogen) atoms. The van der Waals surface area contributed by atoms with Crippen molar-refractivity contribution in [2.75, 3.05) is 13.8 Å². The zero-order valence-corrected chi connectivity index (χ0v) is 15.4. The van der Waals surface area contributed by atoms with E-state index in [1.165, 1.54) is 12.1 Å². The summed E-state index contributed by atoms with van der Waals surface area (Å²) in [5, 5.41) is 8.72. The molecule has 0 radical (unpaired) electrons. The molecule has 0 fully saturated rings. The molecule has 0 saturated heterocycles. The number of ether oxygens (including phenoxy) is 1. The van der Waals surface area contributed by atoms with E-state index >= 15 is 0 Å². The quantitative estimate of drug-likeness (QED) is 0.652. The molecule has 0 aliphatic heterocycles. The molecule has 1 N–H and O–H groups in total. The van der Waals surface area contributed by atoms with Gasteiger partial charge in [-0.3, -0.25) is 14.0 Å². The fraction of sp³-hybridized carbons (Fsp3) is 0.333. The number of aryl methyl sites for hydroxylation is 1. The topological polar surface area (TPSA) is 63.6 Å². The second kappa shape index (κ2) is 9.92. The Kier molecular flexibility index (Phi) is 7.61. The number of fused-ring (bicyclic) bond motifs is 1. The third-order valence-electron chi connectivity index (χ3n) is 4.39. The van der Waals surface area contributed by atoms with E-state index in [9.17, 15) is 22.8 Å². The Balaban J connectivity index is 0.00000136. The summed E-state index contributed by atoms with van der Waals surface area (Å²) in [5.41, 5.74) is 2.78. The average Bonchev–Trinajstić information content (AvgIpc) is 3.06. The van der Waals surface area contributed by atoms with Gasteiger partial charge in [-0.15, -0.1) is 0 Å². The van der Waals surface area contributed by atoms with Gasteiger partial charge in [-0.05, 0) is 36.1 Å². The van der Waals surface area contributed by atoms with Crippen LogP contribution in [0.4, 0.5) is 13.2 Å². The number of carboxylic acids is 1. The summed E-state index contributed by atoms with van der Waals surface area (Å²) in [6, 6.07) is 9.40. The molecular weight excluding hydrogens is 373 g/mol. The maximum Gasteiger partial charge on any atom is 0.303 e. The number of hydrogen-bond acceptors (Lipinski definition) is 3. The maximum atomic E-state index is 12.8. The van der Waals surface area contributed by atoms with Crippen LogP contribution in [0.2, 0.25) is 0 Å². The van der Waals surface area contributed by atoms with Gasteiger partial charge in [-0.2, -0.15) is 0 Å². The molecule has 0 aromatic heterocycles. The molecule has 0 atom stereocenters. The predicted octanol–water partition coefficient (Wildman–Crippen LogP) is 5.25. The standard InChI is InChI=1S/C20H18F2O4.CH3F/c21-20(22)13-5-3-12(4-6-13)16-11-15-14(7-8-17(15)23)10-18(16)26-9-1-2-19(24)25;1-2/h3-6,10-11,20H,1-2,7-9H2,(H,24,25);1H3. The molecule has 1 aliphatic carbocycles. The highest BCUT2D eigenvalue weighted by Gasteiger charge is 2.23. The number of hydrogen-bond donors (Lipinski definition) is 1. The minimum absolute atomic E-state index is 0.00183.